The minimum atomic E-state index is -3.97. The Balaban J connectivity index is 1.55. The van der Waals surface area contributed by atoms with Gasteiger partial charge in [0.05, 0.1) is 0 Å². The van der Waals surface area contributed by atoms with Crippen molar-refractivity contribution >= 4 is 35.1 Å². The Morgan fingerprint density at radius 1 is 0.389 bits per heavy atom. The Bertz CT molecular complexity index is 2270. The third-order valence-corrected chi connectivity index (χ3v) is 15.9. The molecule has 54 heavy (non-hydrogen) atoms. The van der Waals surface area contributed by atoms with Crippen LogP contribution in [-0.2, 0) is 6.42 Å². The van der Waals surface area contributed by atoms with E-state index in [2.05, 4.69) is 20.1 Å². The lowest BCUT2D eigenvalue weighted by molar-refractivity contribution is 0.443. The average Bonchev–Trinajstić information content (AvgIpc) is 3.19. The van der Waals surface area contributed by atoms with E-state index in [0.717, 1.165) is 23.1 Å². The van der Waals surface area contributed by atoms with Crippen molar-refractivity contribution < 1.29 is 27.1 Å². The molecule has 3 unspecified atom stereocenters. The quantitative estimate of drug-likeness (QED) is 0.0965. The molecule has 1 aliphatic heterocycles. The molecular formula is C42H38N3O6P3. The Morgan fingerprint density at radius 2 is 0.648 bits per heavy atom. The van der Waals surface area contributed by atoms with Gasteiger partial charge in [0.15, 0.2) is 0 Å². The predicted molar refractivity (Wildman–Crippen MR) is 220 cm³/mol. The van der Waals surface area contributed by atoms with Gasteiger partial charge in [-0.1, -0.05) is 137 Å². The lowest BCUT2D eigenvalue weighted by atomic mass is 10.2. The second-order valence-corrected chi connectivity index (χ2v) is 18.0. The summed E-state index contributed by atoms with van der Waals surface area (Å²) in [5.41, 5.74) is 2.94. The van der Waals surface area contributed by atoms with Gasteiger partial charge in [-0.25, -0.2) is 0 Å². The first-order valence-electron chi connectivity index (χ1n) is 17.2. The van der Waals surface area contributed by atoms with Gasteiger partial charge >= 0.3 is 23.0 Å². The zero-order valence-electron chi connectivity index (χ0n) is 29.5. The summed E-state index contributed by atoms with van der Waals surface area (Å²) in [6.07, 6.45) is 4.35. The second kappa shape index (κ2) is 16.5. The van der Waals surface area contributed by atoms with E-state index in [-0.39, 0.29) is 0 Å². The molecule has 7 rings (SSSR count). The first kappa shape index (κ1) is 36.6. The minimum Gasteiger partial charge on any atom is -0.413 e. The van der Waals surface area contributed by atoms with Gasteiger partial charge in [0.25, 0.3) is 0 Å². The van der Waals surface area contributed by atoms with Crippen molar-refractivity contribution in [2.24, 2.45) is 13.5 Å². The second-order valence-electron chi connectivity index (χ2n) is 11.8. The van der Waals surface area contributed by atoms with Gasteiger partial charge in [-0.15, -0.1) is 0 Å². The van der Waals surface area contributed by atoms with Crippen molar-refractivity contribution in [3.63, 3.8) is 0 Å². The summed E-state index contributed by atoms with van der Waals surface area (Å²) in [6.45, 7) is 9.88. The summed E-state index contributed by atoms with van der Waals surface area (Å²) in [5, 5.41) is 0. The molecule has 0 N–H and O–H groups in total. The van der Waals surface area contributed by atoms with Crippen LogP contribution in [0.15, 0.2) is 190 Å². The number of rotatable bonds is 15. The SMILES string of the molecule is C=Cc1ccc(OP2(Oc3ccccc3)=NP(Oc3ccccc3)(Oc3ccc(C=C)cc3)=NP(Oc3ccccc3)(Oc3ccc(CC)cc3)=N2)cc1. The van der Waals surface area contributed by atoms with Gasteiger partial charge in [-0.2, -0.15) is 0 Å². The van der Waals surface area contributed by atoms with E-state index in [1.165, 1.54) is 0 Å². The van der Waals surface area contributed by atoms with Gasteiger partial charge < -0.3 is 27.1 Å². The fourth-order valence-electron chi connectivity index (χ4n) is 5.14. The molecule has 0 amide bonds. The van der Waals surface area contributed by atoms with E-state index < -0.39 is 23.0 Å². The smallest absolute Gasteiger partial charge is 0.413 e. The Morgan fingerprint density at radius 3 is 0.907 bits per heavy atom. The summed E-state index contributed by atoms with van der Waals surface area (Å²) < 4.78 is 56.9. The maximum atomic E-state index is 6.89. The number of para-hydroxylation sites is 3. The molecule has 6 aromatic carbocycles. The molecule has 0 spiro atoms. The van der Waals surface area contributed by atoms with Gasteiger partial charge in [0.2, 0.25) is 0 Å². The van der Waals surface area contributed by atoms with E-state index >= 15 is 0 Å². The molecule has 0 aromatic heterocycles. The van der Waals surface area contributed by atoms with Crippen molar-refractivity contribution in [2.75, 3.05) is 0 Å². The van der Waals surface area contributed by atoms with E-state index in [1.807, 2.05) is 115 Å². The normalized spacial score (nSPS) is 20.1. The standard InChI is InChI=1S/C42H38N3O6P3/c1-4-34-22-28-40(29-23-34)49-52(46-37-16-10-7-11-17-37)43-53(47-38-18-12-8-13-19-38,50-41-30-24-35(5-2)25-31-41)45-54(44-52,48-39-20-14-9-15-21-39)51-42-32-26-36(6-3)27-33-42/h4-5,7-33H,1-2,6H2,3H3. The highest BCUT2D eigenvalue weighted by Crippen LogP contribution is 2.78. The van der Waals surface area contributed by atoms with Crippen molar-refractivity contribution in [3.05, 3.63) is 194 Å². The fourth-order valence-corrected chi connectivity index (χ4v) is 14.2. The average molecular weight is 774 g/mol. The molecule has 9 nitrogen and oxygen atoms in total. The number of aryl methyl sites for hydroxylation is 1. The fraction of sp³-hybridized carbons (Fsp3) is 0.0476. The molecule has 1 heterocycles. The Kier molecular flexibility index (Phi) is 11.2. The molecule has 3 atom stereocenters. The van der Waals surface area contributed by atoms with E-state index in [0.29, 0.717) is 34.5 Å². The minimum absolute atomic E-state index is 0.428. The highest BCUT2D eigenvalue weighted by molar-refractivity contribution is 7.79. The Labute approximate surface area is 316 Å². The van der Waals surface area contributed by atoms with Crippen LogP contribution in [0.25, 0.3) is 12.2 Å². The number of hydrogen-bond acceptors (Lipinski definition) is 9. The van der Waals surface area contributed by atoms with Gasteiger partial charge in [-0.3, -0.25) is 0 Å². The van der Waals surface area contributed by atoms with Gasteiger partial charge in [-0.05, 0) is 95.9 Å². The van der Waals surface area contributed by atoms with Crippen LogP contribution in [0.2, 0.25) is 0 Å². The van der Waals surface area contributed by atoms with Gasteiger partial charge in [0, 0.05) is 0 Å². The largest absolute Gasteiger partial charge is 0.460 e. The highest BCUT2D eigenvalue weighted by Gasteiger charge is 2.48. The molecular weight excluding hydrogens is 735 g/mol. The molecule has 0 saturated carbocycles. The number of hydrogen-bond donors (Lipinski definition) is 0. The summed E-state index contributed by atoms with van der Waals surface area (Å²) in [5.74, 6) is 2.66. The molecule has 0 fully saturated rings. The molecule has 0 aliphatic carbocycles. The first-order valence-corrected chi connectivity index (χ1v) is 21.8. The lowest BCUT2D eigenvalue weighted by Crippen LogP contribution is -2.11. The molecule has 6 aromatic rings. The first-order chi connectivity index (χ1) is 26.4. The monoisotopic (exact) mass is 773 g/mol. The number of nitrogens with zero attached hydrogens (tertiary/aromatic N) is 3. The van der Waals surface area contributed by atoms with Crippen LogP contribution in [0.5, 0.6) is 34.5 Å². The number of benzene rings is 6. The lowest BCUT2D eigenvalue weighted by Gasteiger charge is -2.33. The van der Waals surface area contributed by atoms with E-state index in [4.69, 9.17) is 40.7 Å². The van der Waals surface area contributed by atoms with E-state index in [1.54, 1.807) is 60.7 Å². The summed E-state index contributed by atoms with van der Waals surface area (Å²) in [6, 6.07) is 50.1. The van der Waals surface area contributed by atoms with Crippen LogP contribution in [0.1, 0.15) is 23.6 Å². The van der Waals surface area contributed by atoms with Crippen LogP contribution in [0, 0.1) is 0 Å². The molecule has 0 saturated heterocycles. The van der Waals surface area contributed by atoms with E-state index in [9.17, 15) is 0 Å². The maximum absolute atomic E-state index is 6.89. The van der Waals surface area contributed by atoms with Crippen LogP contribution >= 0.6 is 23.0 Å². The molecule has 0 radical (unpaired) electrons. The van der Waals surface area contributed by atoms with Crippen LogP contribution in [0.3, 0.4) is 0 Å². The van der Waals surface area contributed by atoms with Crippen LogP contribution < -0.4 is 27.1 Å². The predicted octanol–water partition coefficient (Wildman–Crippen LogP) is 14.2. The highest BCUT2D eigenvalue weighted by atomic mass is 31.3. The van der Waals surface area contributed by atoms with Crippen molar-refractivity contribution in [1.82, 2.24) is 0 Å². The maximum Gasteiger partial charge on any atom is 0.460 e. The van der Waals surface area contributed by atoms with Crippen LogP contribution in [0.4, 0.5) is 0 Å². The topological polar surface area (TPSA) is 92.5 Å². The van der Waals surface area contributed by atoms with Gasteiger partial charge in [0.1, 0.15) is 34.5 Å². The third-order valence-electron chi connectivity index (χ3n) is 7.82. The van der Waals surface area contributed by atoms with Crippen molar-refractivity contribution in [1.29, 1.82) is 0 Å². The van der Waals surface area contributed by atoms with Crippen molar-refractivity contribution in [3.8, 4) is 34.5 Å². The summed E-state index contributed by atoms with van der Waals surface area (Å²) in [4.78, 5) is 0. The zero-order valence-corrected chi connectivity index (χ0v) is 32.2. The summed E-state index contributed by atoms with van der Waals surface area (Å²) in [7, 11) is -11.9. The van der Waals surface area contributed by atoms with Crippen LogP contribution in [-0.4, -0.2) is 0 Å². The summed E-state index contributed by atoms with van der Waals surface area (Å²) >= 11 is 0. The van der Waals surface area contributed by atoms with Crippen molar-refractivity contribution in [2.45, 2.75) is 13.3 Å². The third kappa shape index (κ3) is 9.07. The molecule has 272 valence electrons. The molecule has 12 heteroatoms. The molecule has 0 bridgehead atoms. The zero-order chi connectivity index (χ0) is 37.3. The molecule has 1 aliphatic rings. The Hall–Kier alpha value is -5.71.